The van der Waals surface area contributed by atoms with E-state index in [4.69, 9.17) is 4.98 Å². The number of aromatic nitrogens is 2. The minimum atomic E-state index is 0.983. The fourth-order valence-electron chi connectivity index (χ4n) is 5.27. The molecule has 0 N–H and O–H groups in total. The minimum Gasteiger partial charge on any atom is -0.292 e. The molecular weight excluding hydrogens is 424 g/mol. The molecule has 0 radical (unpaired) electrons. The summed E-state index contributed by atoms with van der Waals surface area (Å²) in [5.41, 5.74) is 8.06. The van der Waals surface area contributed by atoms with Gasteiger partial charge in [-0.05, 0) is 41.5 Å². The monoisotopic (exact) mass is 450 g/mol. The zero-order valence-corrected chi connectivity index (χ0v) is 19.9. The predicted octanol–water partition coefficient (Wildman–Crippen LogP) is 7.09. The van der Waals surface area contributed by atoms with Crippen LogP contribution < -0.4 is 10.6 Å². The first-order valence-corrected chi connectivity index (χ1v) is 12.1. The van der Waals surface area contributed by atoms with Gasteiger partial charge in [0.05, 0.1) is 17.2 Å². The molecule has 0 fully saturated rings. The zero-order valence-electron chi connectivity index (χ0n) is 19.9. The lowest BCUT2D eigenvalue weighted by Crippen LogP contribution is -2.32. The molecule has 0 saturated carbocycles. The molecular formula is C33H26N2. The lowest BCUT2D eigenvalue weighted by atomic mass is 9.90. The highest BCUT2D eigenvalue weighted by Gasteiger charge is 2.19. The number of imidazole rings is 1. The van der Waals surface area contributed by atoms with E-state index < -0.39 is 0 Å². The molecule has 2 heteroatoms. The molecule has 0 unspecified atom stereocenters. The van der Waals surface area contributed by atoms with Crippen molar-refractivity contribution in [2.75, 3.05) is 0 Å². The standard InChI is InChI=1S/C33H26N2/c1-3-25-28-18-11-12-19-29(28)33-34-22-31(35(33)30(25)4-2)32-26(23-14-7-5-8-15-23)20-13-21-27(32)24-16-9-6-10-17-24/h3-22H,1-2H3/b25-3-,30-4+. The summed E-state index contributed by atoms with van der Waals surface area (Å²) < 4.78 is 2.34. The molecule has 0 aliphatic heterocycles. The number of hydrogen-bond donors (Lipinski definition) is 0. The van der Waals surface area contributed by atoms with Crippen LogP contribution in [-0.4, -0.2) is 9.38 Å². The maximum absolute atomic E-state index is 5.01. The van der Waals surface area contributed by atoms with E-state index in [1.54, 1.807) is 0 Å². The Balaban J connectivity index is 1.82. The lowest BCUT2D eigenvalue weighted by Gasteiger charge is -2.17. The predicted molar refractivity (Wildman–Crippen MR) is 149 cm³/mol. The summed E-state index contributed by atoms with van der Waals surface area (Å²) >= 11 is 0. The van der Waals surface area contributed by atoms with Crippen molar-refractivity contribution in [2.24, 2.45) is 0 Å². The third kappa shape index (κ3) is 3.38. The largest absolute Gasteiger partial charge is 0.292 e. The Hall–Kier alpha value is -4.43. The molecule has 0 saturated heterocycles. The summed E-state index contributed by atoms with van der Waals surface area (Å²) in [5, 5.41) is 4.78. The van der Waals surface area contributed by atoms with E-state index in [1.807, 2.05) is 6.20 Å². The van der Waals surface area contributed by atoms with Gasteiger partial charge in [0.1, 0.15) is 5.65 Å². The minimum absolute atomic E-state index is 0.983. The normalized spacial score (nSPS) is 12.6. The van der Waals surface area contributed by atoms with Crippen molar-refractivity contribution in [3.05, 3.63) is 120 Å². The summed E-state index contributed by atoms with van der Waals surface area (Å²) in [6, 6.07) is 36.5. The van der Waals surface area contributed by atoms with Crippen LogP contribution in [0.3, 0.4) is 0 Å². The van der Waals surface area contributed by atoms with Crippen LogP contribution in [0.25, 0.3) is 62.1 Å². The number of benzene rings is 4. The van der Waals surface area contributed by atoms with Gasteiger partial charge in [-0.3, -0.25) is 4.40 Å². The first-order valence-electron chi connectivity index (χ1n) is 12.1. The molecule has 2 aromatic heterocycles. The van der Waals surface area contributed by atoms with Crippen molar-refractivity contribution < 1.29 is 0 Å². The second kappa shape index (κ2) is 8.73. The van der Waals surface area contributed by atoms with E-state index in [9.17, 15) is 0 Å². The van der Waals surface area contributed by atoms with Crippen LogP contribution in [0.5, 0.6) is 0 Å². The third-order valence-electron chi connectivity index (χ3n) is 6.79. The number of fused-ring (bicyclic) bond motifs is 3. The third-order valence-corrected chi connectivity index (χ3v) is 6.79. The maximum atomic E-state index is 5.01. The van der Waals surface area contributed by atoms with Gasteiger partial charge in [0.15, 0.2) is 0 Å². The van der Waals surface area contributed by atoms with Gasteiger partial charge in [0, 0.05) is 16.2 Å². The van der Waals surface area contributed by atoms with Crippen molar-refractivity contribution in [3.8, 4) is 33.5 Å². The molecule has 4 aromatic carbocycles. The van der Waals surface area contributed by atoms with Crippen molar-refractivity contribution in [2.45, 2.75) is 13.8 Å². The van der Waals surface area contributed by atoms with Crippen molar-refractivity contribution in [1.82, 2.24) is 9.38 Å². The average molecular weight is 451 g/mol. The molecule has 0 aliphatic carbocycles. The second-order valence-electron chi connectivity index (χ2n) is 8.68. The Labute approximate surface area is 205 Å². The van der Waals surface area contributed by atoms with Crippen LogP contribution in [0.15, 0.2) is 109 Å². The Bertz CT molecular complexity index is 1740. The molecule has 2 heterocycles. The van der Waals surface area contributed by atoms with Gasteiger partial charge >= 0.3 is 0 Å². The summed E-state index contributed by atoms with van der Waals surface area (Å²) in [7, 11) is 0. The topological polar surface area (TPSA) is 17.3 Å². The number of rotatable bonds is 3. The fraction of sp³-hybridized carbons (Fsp3) is 0.0606. The first kappa shape index (κ1) is 21.1. The first-order chi connectivity index (χ1) is 17.3. The van der Waals surface area contributed by atoms with Gasteiger partial charge in [-0.2, -0.15) is 0 Å². The zero-order chi connectivity index (χ0) is 23.8. The highest BCUT2D eigenvalue weighted by Crippen LogP contribution is 2.40. The van der Waals surface area contributed by atoms with Gasteiger partial charge in [-0.15, -0.1) is 0 Å². The second-order valence-corrected chi connectivity index (χ2v) is 8.68. The molecule has 6 aromatic rings. The molecule has 168 valence electrons. The van der Waals surface area contributed by atoms with Gasteiger partial charge in [0.25, 0.3) is 0 Å². The Morgan fingerprint density at radius 1 is 0.600 bits per heavy atom. The summed E-state index contributed by atoms with van der Waals surface area (Å²) in [6.07, 6.45) is 6.46. The molecule has 0 bridgehead atoms. The van der Waals surface area contributed by atoms with Crippen LogP contribution in [0.2, 0.25) is 0 Å². The fourth-order valence-corrected chi connectivity index (χ4v) is 5.27. The van der Waals surface area contributed by atoms with E-state index in [1.165, 1.54) is 38.4 Å². The van der Waals surface area contributed by atoms with Crippen molar-refractivity contribution >= 4 is 28.6 Å². The van der Waals surface area contributed by atoms with Crippen LogP contribution in [0.1, 0.15) is 13.8 Å². The van der Waals surface area contributed by atoms with Crippen LogP contribution >= 0.6 is 0 Å². The molecule has 6 rings (SSSR count). The quantitative estimate of drug-likeness (QED) is 0.281. The number of nitrogens with zero attached hydrogens (tertiary/aromatic N) is 2. The maximum Gasteiger partial charge on any atom is 0.145 e. The van der Waals surface area contributed by atoms with Crippen molar-refractivity contribution in [1.29, 1.82) is 0 Å². The summed E-state index contributed by atoms with van der Waals surface area (Å²) in [5.74, 6) is 0. The highest BCUT2D eigenvalue weighted by molar-refractivity contribution is 5.98. The van der Waals surface area contributed by atoms with E-state index in [-0.39, 0.29) is 0 Å². The van der Waals surface area contributed by atoms with Gasteiger partial charge < -0.3 is 0 Å². The van der Waals surface area contributed by atoms with Crippen LogP contribution in [0, 0.1) is 0 Å². The van der Waals surface area contributed by atoms with E-state index in [0.717, 1.165) is 22.1 Å². The van der Waals surface area contributed by atoms with E-state index in [0.29, 0.717) is 0 Å². The van der Waals surface area contributed by atoms with Crippen molar-refractivity contribution in [3.63, 3.8) is 0 Å². The van der Waals surface area contributed by atoms with Gasteiger partial charge in [-0.1, -0.05) is 115 Å². The number of hydrogen-bond acceptors (Lipinski definition) is 1. The van der Waals surface area contributed by atoms with Gasteiger partial charge in [0.2, 0.25) is 0 Å². The summed E-state index contributed by atoms with van der Waals surface area (Å²) in [4.78, 5) is 5.01. The SMILES string of the molecule is C/C=c1\c(=C/C)n2c(-c3c(-c4ccccc4)cccc3-c3ccccc3)cnc2c2ccccc12. The van der Waals surface area contributed by atoms with Gasteiger partial charge in [-0.25, -0.2) is 4.98 Å². The van der Waals surface area contributed by atoms with E-state index >= 15 is 0 Å². The Morgan fingerprint density at radius 2 is 1.17 bits per heavy atom. The smallest absolute Gasteiger partial charge is 0.145 e. The van der Waals surface area contributed by atoms with E-state index in [2.05, 4.69) is 134 Å². The average Bonchev–Trinajstić information content (AvgIpc) is 3.37. The molecule has 0 amide bonds. The molecule has 0 spiro atoms. The molecule has 0 aliphatic rings. The molecule has 0 atom stereocenters. The van der Waals surface area contributed by atoms with Crippen LogP contribution in [0.4, 0.5) is 0 Å². The lowest BCUT2D eigenvalue weighted by molar-refractivity contribution is 1.12. The Morgan fingerprint density at radius 3 is 1.74 bits per heavy atom. The summed E-state index contributed by atoms with van der Waals surface area (Å²) in [6.45, 7) is 4.23. The number of pyridine rings is 1. The Kier molecular flexibility index (Phi) is 5.27. The molecule has 35 heavy (non-hydrogen) atoms. The van der Waals surface area contributed by atoms with Crippen LogP contribution in [-0.2, 0) is 0 Å². The molecule has 2 nitrogen and oxygen atoms in total. The highest BCUT2D eigenvalue weighted by atomic mass is 15.0.